The summed E-state index contributed by atoms with van der Waals surface area (Å²) in [6.07, 6.45) is 0.435. The van der Waals surface area contributed by atoms with E-state index in [-0.39, 0.29) is 12.5 Å². The molecule has 150 valence electrons. The molecule has 0 bridgehead atoms. The first-order valence-electron chi connectivity index (χ1n) is 8.93. The quantitative estimate of drug-likeness (QED) is 0.691. The van der Waals surface area contributed by atoms with Gasteiger partial charge < -0.3 is 14.8 Å². The molecule has 28 heavy (non-hydrogen) atoms. The van der Waals surface area contributed by atoms with E-state index in [0.29, 0.717) is 17.9 Å². The molecule has 0 saturated carbocycles. The molecule has 1 N–H and O–H groups in total. The summed E-state index contributed by atoms with van der Waals surface area (Å²) in [6.45, 7) is 3.57. The number of methoxy groups -OCH3 is 2. The summed E-state index contributed by atoms with van der Waals surface area (Å²) in [7, 11) is 2.83. The normalized spacial score (nSPS) is 11.8. The first-order valence-corrected chi connectivity index (χ1v) is 8.93. The molecular weight excluding hydrogens is 362 g/mol. The highest BCUT2D eigenvalue weighted by Gasteiger charge is 2.23. The Balaban J connectivity index is 2.19. The summed E-state index contributed by atoms with van der Waals surface area (Å²) < 4.78 is 11.0. The standard InChI is InChI=1S/C20H25N3O5/c1-13(2)10-17(20(26)28-4)21-18(24)12-23-19(25)9-8-16(22-23)14-6-5-7-15(11-14)27-3/h5-9,11,13,17H,10,12H2,1-4H3,(H,21,24)/t17-/m0/s1. The molecule has 8 nitrogen and oxygen atoms in total. The molecule has 1 atom stereocenters. The molecular formula is C20H25N3O5. The number of esters is 1. The topological polar surface area (TPSA) is 99.5 Å². The summed E-state index contributed by atoms with van der Waals surface area (Å²) in [4.78, 5) is 36.4. The maximum atomic E-state index is 12.4. The van der Waals surface area contributed by atoms with Crippen LogP contribution in [0.5, 0.6) is 5.75 Å². The van der Waals surface area contributed by atoms with Crippen LogP contribution in [0, 0.1) is 5.92 Å². The third kappa shape index (κ3) is 5.67. The van der Waals surface area contributed by atoms with Crippen molar-refractivity contribution < 1.29 is 19.1 Å². The zero-order valence-corrected chi connectivity index (χ0v) is 16.5. The van der Waals surface area contributed by atoms with Crippen LogP contribution in [-0.2, 0) is 20.9 Å². The van der Waals surface area contributed by atoms with Crippen molar-refractivity contribution in [2.75, 3.05) is 14.2 Å². The minimum Gasteiger partial charge on any atom is -0.497 e. The number of hydrogen-bond acceptors (Lipinski definition) is 6. The minimum absolute atomic E-state index is 0.182. The van der Waals surface area contributed by atoms with Crippen LogP contribution >= 0.6 is 0 Å². The minimum atomic E-state index is -0.769. The molecule has 2 aromatic rings. The van der Waals surface area contributed by atoms with Crippen LogP contribution in [0.4, 0.5) is 0 Å². The number of aromatic nitrogens is 2. The van der Waals surface area contributed by atoms with Crippen molar-refractivity contribution in [1.82, 2.24) is 15.1 Å². The highest BCUT2D eigenvalue weighted by atomic mass is 16.5. The summed E-state index contributed by atoms with van der Waals surface area (Å²) in [5, 5.41) is 6.88. The van der Waals surface area contributed by atoms with Gasteiger partial charge >= 0.3 is 5.97 Å². The molecule has 1 heterocycles. The van der Waals surface area contributed by atoms with Gasteiger partial charge in [0.1, 0.15) is 18.3 Å². The van der Waals surface area contributed by atoms with Gasteiger partial charge in [-0.3, -0.25) is 9.59 Å². The molecule has 0 saturated heterocycles. The Labute approximate surface area is 163 Å². The van der Waals surface area contributed by atoms with Crippen LogP contribution in [0.1, 0.15) is 20.3 Å². The molecule has 1 aromatic carbocycles. The molecule has 0 spiro atoms. The number of hydrogen-bond donors (Lipinski definition) is 1. The Hall–Kier alpha value is -3.16. The van der Waals surface area contributed by atoms with E-state index in [0.717, 1.165) is 10.2 Å². The smallest absolute Gasteiger partial charge is 0.328 e. The fourth-order valence-corrected chi connectivity index (χ4v) is 2.70. The van der Waals surface area contributed by atoms with Crippen molar-refractivity contribution in [2.45, 2.75) is 32.9 Å². The largest absolute Gasteiger partial charge is 0.497 e. The van der Waals surface area contributed by atoms with Crippen molar-refractivity contribution in [3.63, 3.8) is 0 Å². The van der Waals surface area contributed by atoms with Crippen LogP contribution in [0.2, 0.25) is 0 Å². The molecule has 0 aliphatic rings. The van der Waals surface area contributed by atoms with Gasteiger partial charge in [0, 0.05) is 11.6 Å². The second-order valence-corrected chi connectivity index (χ2v) is 6.72. The van der Waals surface area contributed by atoms with Gasteiger partial charge in [-0.2, -0.15) is 5.10 Å². The fourth-order valence-electron chi connectivity index (χ4n) is 2.70. The van der Waals surface area contributed by atoms with Gasteiger partial charge in [0.2, 0.25) is 5.91 Å². The number of benzene rings is 1. The van der Waals surface area contributed by atoms with E-state index < -0.39 is 23.5 Å². The molecule has 2 rings (SSSR count). The molecule has 0 fully saturated rings. The monoisotopic (exact) mass is 387 g/mol. The molecule has 0 unspecified atom stereocenters. The van der Waals surface area contributed by atoms with E-state index in [2.05, 4.69) is 10.4 Å². The lowest BCUT2D eigenvalue weighted by atomic mass is 10.0. The van der Waals surface area contributed by atoms with E-state index in [1.54, 1.807) is 25.3 Å². The Morgan fingerprint density at radius 1 is 1.18 bits per heavy atom. The average molecular weight is 387 g/mol. The summed E-state index contributed by atoms with van der Waals surface area (Å²) in [5.41, 5.74) is 0.860. The average Bonchev–Trinajstić information content (AvgIpc) is 2.68. The first-order chi connectivity index (χ1) is 13.3. The Morgan fingerprint density at radius 2 is 1.93 bits per heavy atom. The van der Waals surface area contributed by atoms with E-state index in [1.807, 2.05) is 26.0 Å². The summed E-state index contributed by atoms with van der Waals surface area (Å²) >= 11 is 0. The number of amides is 1. The number of nitrogens with one attached hydrogen (secondary N) is 1. The molecule has 0 radical (unpaired) electrons. The van der Waals surface area contributed by atoms with Crippen LogP contribution in [0.3, 0.4) is 0 Å². The lowest BCUT2D eigenvalue weighted by Crippen LogP contribution is -2.44. The van der Waals surface area contributed by atoms with E-state index in [1.165, 1.54) is 13.2 Å². The third-order valence-electron chi connectivity index (χ3n) is 4.05. The Kier molecular flexibility index (Phi) is 7.31. The van der Waals surface area contributed by atoms with Gasteiger partial charge in [-0.1, -0.05) is 26.0 Å². The number of ether oxygens (including phenoxy) is 2. The Morgan fingerprint density at radius 3 is 2.57 bits per heavy atom. The molecule has 1 aromatic heterocycles. The van der Waals surface area contributed by atoms with Crippen molar-refractivity contribution in [3.8, 4) is 17.0 Å². The molecule has 1 amide bonds. The van der Waals surface area contributed by atoms with Gasteiger partial charge in [-0.05, 0) is 30.5 Å². The highest BCUT2D eigenvalue weighted by Crippen LogP contribution is 2.21. The van der Waals surface area contributed by atoms with Gasteiger partial charge in [-0.25, -0.2) is 9.48 Å². The van der Waals surface area contributed by atoms with Crippen molar-refractivity contribution in [1.29, 1.82) is 0 Å². The number of rotatable bonds is 8. The van der Waals surface area contributed by atoms with E-state index in [9.17, 15) is 14.4 Å². The zero-order valence-electron chi connectivity index (χ0n) is 16.5. The van der Waals surface area contributed by atoms with Gasteiger partial charge in [-0.15, -0.1) is 0 Å². The van der Waals surface area contributed by atoms with Gasteiger partial charge in [0.05, 0.1) is 19.9 Å². The molecule has 0 aliphatic carbocycles. The van der Waals surface area contributed by atoms with Crippen molar-refractivity contribution >= 4 is 11.9 Å². The lowest BCUT2D eigenvalue weighted by Gasteiger charge is -2.18. The maximum absolute atomic E-state index is 12.4. The first kappa shape index (κ1) is 21.1. The number of carbonyl (C=O) groups is 2. The number of nitrogens with zero attached hydrogens (tertiary/aromatic N) is 2. The predicted molar refractivity (Wildman–Crippen MR) is 104 cm³/mol. The van der Waals surface area contributed by atoms with E-state index in [4.69, 9.17) is 9.47 Å². The lowest BCUT2D eigenvalue weighted by molar-refractivity contribution is -0.145. The van der Waals surface area contributed by atoms with Crippen LogP contribution in [0.25, 0.3) is 11.3 Å². The van der Waals surface area contributed by atoms with Crippen LogP contribution in [0.15, 0.2) is 41.2 Å². The summed E-state index contributed by atoms with van der Waals surface area (Å²) in [6, 6.07) is 9.39. The highest BCUT2D eigenvalue weighted by molar-refractivity contribution is 5.84. The SMILES string of the molecule is COC(=O)[C@H](CC(C)C)NC(=O)Cn1nc(-c2cccc(OC)c2)ccc1=O. The van der Waals surface area contributed by atoms with Gasteiger partial charge in [0.25, 0.3) is 5.56 Å². The second kappa shape index (κ2) is 9.68. The molecule has 8 heteroatoms. The van der Waals surface area contributed by atoms with Crippen LogP contribution in [-0.4, -0.2) is 41.9 Å². The van der Waals surface area contributed by atoms with Crippen LogP contribution < -0.4 is 15.6 Å². The number of carbonyl (C=O) groups excluding carboxylic acids is 2. The zero-order chi connectivity index (χ0) is 20.7. The van der Waals surface area contributed by atoms with Gasteiger partial charge in [0.15, 0.2) is 0 Å². The predicted octanol–water partition coefficient (Wildman–Crippen LogP) is 1.62. The van der Waals surface area contributed by atoms with Crippen molar-refractivity contribution in [3.05, 3.63) is 46.8 Å². The summed E-state index contributed by atoms with van der Waals surface area (Å²) in [5.74, 6) is -0.174. The molecule has 0 aliphatic heterocycles. The third-order valence-corrected chi connectivity index (χ3v) is 4.05. The maximum Gasteiger partial charge on any atom is 0.328 e. The Bertz CT molecular complexity index is 891. The van der Waals surface area contributed by atoms with Crippen molar-refractivity contribution in [2.24, 2.45) is 5.92 Å². The fraction of sp³-hybridized carbons (Fsp3) is 0.400. The second-order valence-electron chi connectivity index (χ2n) is 6.72. The van der Waals surface area contributed by atoms with E-state index >= 15 is 0 Å².